The van der Waals surface area contributed by atoms with E-state index in [-0.39, 0.29) is 11.1 Å². The molecule has 1 aromatic heterocycles. The third-order valence-electron chi connectivity index (χ3n) is 4.45. The number of hydrogen-bond donors (Lipinski definition) is 1. The Hall–Kier alpha value is -3.67. The van der Waals surface area contributed by atoms with Gasteiger partial charge in [0.1, 0.15) is 11.3 Å². The van der Waals surface area contributed by atoms with Gasteiger partial charge in [-0.1, -0.05) is 48.9 Å². The molecule has 3 aromatic rings. The van der Waals surface area contributed by atoms with E-state index in [1.165, 1.54) is 16.8 Å². The zero-order valence-corrected chi connectivity index (χ0v) is 17.2. The second kappa shape index (κ2) is 10.2. The van der Waals surface area contributed by atoms with Gasteiger partial charge in [0.25, 0.3) is 11.5 Å². The molecular formula is C24H25N3O3. The summed E-state index contributed by atoms with van der Waals surface area (Å²) < 4.78 is 7.10. The number of pyridine rings is 1. The van der Waals surface area contributed by atoms with Crippen LogP contribution in [0.3, 0.4) is 0 Å². The summed E-state index contributed by atoms with van der Waals surface area (Å²) in [7, 11) is 0. The van der Waals surface area contributed by atoms with E-state index in [1.807, 2.05) is 62.4 Å². The first-order chi connectivity index (χ1) is 14.6. The molecule has 0 atom stereocenters. The van der Waals surface area contributed by atoms with Crippen LogP contribution in [-0.2, 0) is 6.54 Å². The van der Waals surface area contributed by atoms with E-state index in [1.54, 1.807) is 12.3 Å². The van der Waals surface area contributed by atoms with Crippen LogP contribution in [0.4, 0.5) is 0 Å². The molecule has 1 amide bonds. The number of nitrogens with zero attached hydrogens (tertiary/aromatic N) is 2. The van der Waals surface area contributed by atoms with Crippen molar-refractivity contribution >= 4 is 12.1 Å². The molecular weight excluding hydrogens is 378 g/mol. The Morgan fingerprint density at radius 1 is 1.13 bits per heavy atom. The normalized spacial score (nSPS) is 10.9. The van der Waals surface area contributed by atoms with E-state index in [2.05, 4.69) is 10.5 Å². The van der Waals surface area contributed by atoms with Crippen LogP contribution < -0.4 is 15.7 Å². The molecule has 6 heteroatoms. The van der Waals surface area contributed by atoms with Crippen LogP contribution in [0.1, 0.15) is 40.4 Å². The van der Waals surface area contributed by atoms with Crippen LogP contribution in [0, 0.1) is 6.92 Å². The van der Waals surface area contributed by atoms with Crippen molar-refractivity contribution < 1.29 is 9.53 Å². The highest BCUT2D eigenvalue weighted by Crippen LogP contribution is 2.12. The van der Waals surface area contributed by atoms with Crippen molar-refractivity contribution in [2.45, 2.75) is 26.8 Å². The van der Waals surface area contributed by atoms with Gasteiger partial charge in [-0.15, -0.1) is 0 Å². The van der Waals surface area contributed by atoms with Gasteiger partial charge in [0.15, 0.2) is 0 Å². The van der Waals surface area contributed by atoms with E-state index in [9.17, 15) is 9.59 Å². The average molecular weight is 403 g/mol. The molecule has 3 rings (SSSR count). The molecule has 0 spiro atoms. The molecule has 0 aliphatic rings. The predicted molar refractivity (Wildman–Crippen MR) is 118 cm³/mol. The van der Waals surface area contributed by atoms with Crippen LogP contribution in [-0.4, -0.2) is 23.3 Å². The number of rotatable bonds is 8. The SMILES string of the molecule is CCCOc1cccc(/C=N\NC(=O)c2cccn(Cc3ccc(C)cc3)c2=O)c1. The minimum Gasteiger partial charge on any atom is -0.494 e. The molecule has 0 aliphatic carbocycles. The summed E-state index contributed by atoms with van der Waals surface area (Å²) in [6.45, 7) is 5.09. The zero-order valence-electron chi connectivity index (χ0n) is 17.2. The first kappa shape index (κ1) is 21.0. The van der Waals surface area contributed by atoms with E-state index < -0.39 is 5.91 Å². The van der Waals surface area contributed by atoms with E-state index in [4.69, 9.17) is 4.74 Å². The summed E-state index contributed by atoms with van der Waals surface area (Å²) in [6.07, 6.45) is 4.11. The third kappa shape index (κ3) is 5.67. The Kier molecular flexibility index (Phi) is 7.16. The fraction of sp³-hybridized carbons (Fsp3) is 0.208. The predicted octanol–water partition coefficient (Wildman–Crippen LogP) is 3.76. The third-order valence-corrected chi connectivity index (χ3v) is 4.45. The Bertz CT molecular complexity index is 1090. The Morgan fingerprint density at radius 2 is 1.93 bits per heavy atom. The van der Waals surface area contributed by atoms with Gasteiger partial charge in [-0.25, -0.2) is 5.43 Å². The molecule has 1 heterocycles. The second-order valence-corrected chi connectivity index (χ2v) is 6.96. The van der Waals surface area contributed by atoms with Gasteiger partial charge in [0.05, 0.1) is 19.4 Å². The second-order valence-electron chi connectivity index (χ2n) is 6.96. The summed E-state index contributed by atoms with van der Waals surface area (Å²) in [5.41, 5.74) is 5.04. The van der Waals surface area contributed by atoms with Crippen molar-refractivity contribution in [3.8, 4) is 5.75 Å². The van der Waals surface area contributed by atoms with Crippen LogP contribution in [0.5, 0.6) is 5.75 Å². The van der Waals surface area contributed by atoms with Gasteiger partial charge in [-0.3, -0.25) is 9.59 Å². The topological polar surface area (TPSA) is 72.7 Å². The van der Waals surface area contributed by atoms with Crippen LogP contribution >= 0.6 is 0 Å². The van der Waals surface area contributed by atoms with Gasteiger partial charge in [0.2, 0.25) is 0 Å². The molecule has 0 bridgehead atoms. The molecule has 30 heavy (non-hydrogen) atoms. The van der Waals surface area contributed by atoms with Crippen LogP contribution in [0.25, 0.3) is 0 Å². The van der Waals surface area contributed by atoms with Crippen LogP contribution in [0.2, 0.25) is 0 Å². The quantitative estimate of drug-likeness (QED) is 0.460. The highest BCUT2D eigenvalue weighted by molar-refractivity contribution is 5.94. The maximum Gasteiger partial charge on any atom is 0.276 e. The maximum absolute atomic E-state index is 12.7. The summed E-state index contributed by atoms with van der Waals surface area (Å²) in [4.78, 5) is 25.1. The standard InChI is InChI=1S/C24H25N3O3/c1-3-14-30-21-7-4-6-20(15-21)16-25-26-23(28)22-8-5-13-27(24(22)29)17-19-11-9-18(2)10-12-19/h4-13,15-16H,3,14,17H2,1-2H3,(H,26,28)/b25-16-. The van der Waals surface area contributed by atoms with Gasteiger partial charge in [0, 0.05) is 6.20 Å². The largest absolute Gasteiger partial charge is 0.494 e. The van der Waals surface area contributed by atoms with Crippen molar-refractivity contribution in [1.29, 1.82) is 0 Å². The van der Waals surface area contributed by atoms with Gasteiger partial charge in [-0.05, 0) is 48.7 Å². The number of carbonyl (C=O) groups is 1. The number of amides is 1. The number of carbonyl (C=O) groups excluding carboxylic acids is 1. The van der Waals surface area contributed by atoms with E-state index in [0.29, 0.717) is 13.2 Å². The average Bonchev–Trinajstić information content (AvgIpc) is 2.75. The van der Waals surface area contributed by atoms with Crippen molar-refractivity contribution in [2.24, 2.45) is 5.10 Å². The van der Waals surface area contributed by atoms with Gasteiger partial charge < -0.3 is 9.30 Å². The molecule has 2 aromatic carbocycles. The number of hydrazone groups is 1. The molecule has 0 radical (unpaired) electrons. The lowest BCUT2D eigenvalue weighted by Crippen LogP contribution is -2.30. The van der Waals surface area contributed by atoms with Crippen molar-refractivity contribution in [2.75, 3.05) is 6.61 Å². The summed E-state index contributed by atoms with van der Waals surface area (Å²) in [5.74, 6) is 0.196. The number of aromatic nitrogens is 1. The highest BCUT2D eigenvalue weighted by atomic mass is 16.5. The number of aryl methyl sites for hydroxylation is 1. The summed E-state index contributed by atoms with van der Waals surface area (Å²) in [6, 6.07) is 18.5. The molecule has 154 valence electrons. The van der Waals surface area contributed by atoms with Gasteiger partial charge in [-0.2, -0.15) is 5.10 Å². The molecule has 1 N–H and O–H groups in total. The van der Waals surface area contributed by atoms with Crippen LogP contribution in [0.15, 0.2) is 76.8 Å². The van der Waals surface area contributed by atoms with Crippen molar-refractivity contribution in [3.63, 3.8) is 0 Å². The van der Waals surface area contributed by atoms with E-state index in [0.717, 1.165) is 28.9 Å². The first-order valence-corrected chi connectivity index (χ1v) is 9.88. The lowest BCUT2D eigenvalue weighted by Gasteiger charge is -2.08. The Morgan fingerprint density at radius 3 is 2.70 bits per heavy atom. The molecule has 0 saturated heterocycles. The number of ether oxygens (including phenoxy) is 1. The molecule has 0 fully saturated rings. The Balaban J connectivity index is 1.67. The molecule has 6 nitrogen and oxygen atoms in total. The molecule has 0 aliphatic heterocycles. The fourth-order valence-corrected chi connectivity index (χ4v) is 2.85. The maximum atomic E-state index is 12.7. The fourth-order valence-electron chi connectivity index (χ4n) is 2.85. The van der Waals surface area contributed by atoms with E-state index >= 15 is 0 Å². The van der Waals surface area contributed by atoms with Gasteiger partial charge >= 0.3 is 0 Å². The van der Waals surface area contributed by atoms with Crippen molar-refractivity contribution in [3.05, 3.63) is 99.5 Å². The van der Waals surface area contributed by atoms with Crippen molar-refractivity contribution in [1.82, 2.24) is 9.99 Å². The number of benzene rings is 2. The highest BCUT2D eigenvalue weighted by Gasteiger charge is 2.11. The first-order valence-electron chi connectivity index (χ1n) is 9.88. The zero-order chi connectivity index (χ0) is 21.3. The number of nitrogens with one attached hydrogen (secondary N) is 1. The molecule has 0 saturated carbocycles. The monoisotopic (exact) mass is 403 g/mol. The Labute approximate surface area is 175 Å². The lowest BCUT2D eigenvalue weighted by atomic mass is 10.1. The molecule has 0 unspecified atom stereocenters. The lowest BCUT2D eigenvalue weighted by molar-refractivity contribution is 0.0953. The summed E-state index contributed by atoms with van der Waals surface area (Å²) in [5, 5.41) is 3.98. The smallest absolute Gasteiger partial charge is 0.276 e. The number of hydrogen-bond acceptors (Lipinski definition) is 4. The minimum absolute atomic E-state index is 0.0433. The summed E-state index contributed by atoms with van der Waals surface area (Å²) >= 11 is 0. The minimum atomic E-state index is -0.548.